The van der Waals surface area contributed by atoms with Gasteiger partial charge in [-0.15, -0.1) is 0 Å². The first-order chi connectivity index (χ1) is 6.22. The van der Waals surface area contributed by atoms with Gasteiger partial charge in [0.15, 0.2) is 0 Å². The molecule has 13 heavy (non-hydrogen) atoms. The number of hydrogen-bond donors (Lipinski definition) is 2. The summed E-state index contributed by atoms with van der Waals surface area (Å²) in [6.07, 6.45) is 6.08. The number of H-pyrrole nitrogens is 1. The molecule has 0 aromatic carbocycles. The maximum atomic E-state index is 3.77. The highest BCUT2D eigenvalue weighted by molar-refractivity contribution is 4.87. The standard InChI is InChI=1S/C4H6N2.C4H10.C2H7N/c1-4-2-5-3-6-4;1-3-4-2;1-3-2/h2-3H,1H3,(H,5,6);3-4H2,1-2H3;3H,1-2H3. The molecule has 0 radical (unpaired) electrons. The van der Waals surface area contributed by atoms with Crippen molar-refractivity contribution < 1.29 is 0 Å². The highest BCUT2D eigenvalue weighted by atomic mass is 14.8. The molecule has 0 saturated heterocycles. The fourth-order valence-electron chi connectivity index (χ4n) is 0.325. The molecule has 1 aromatic heterocycles. The Labute approximate surface area is 82.0 Å². The van der Waals surface area contributed by atoms with E-state index < -0.39 is 0 Å². The van der Waals surface area contributed by atoms with Gasteiger partial charge in [-0.3, -0.25) is 0 Å². The molecule has 0 aliphatic heterocycles. The van der Waals surface area contributed by atoms with E-state index in [2.05, 4.69) is 29.1 Å². The molecule has 0 bridgehead atoms. The topological polar surface area (TPSA) is 40.7 Å². The monoisotopic (exact) mass is 185 g/mol. The van der Waals surface area contributed by atoms with Crippen LogP contribution in [-0.2, 0) is 0 Å². The molecule has 1 aromatic rings. The highest BCUT2D eigenvalue weighted by Gasteiger charge is 1.73. The van der Waals surface area contributed by atoms with Crippen LogP contribution >= 0.6 is 0 Å². The minimum atomic E-state index is 1.11. The molecule has 0 amide bonds. The Kier molecular flexibility index (Phi) is 15.5. The summed E-state index contributed by atoms with van der Waals surface area (Å²) in [5, 5.41) is 2.75. The molecule has 0 spiro atoms. The number of hydrogen-bond acceptors (Lipinski definition) is 2. The lowest BCUT2D eigenvalue weighted by molar-refractivity contribution is 0.886. The average Bonchev–Trinajstić information content (AvgIpc) is 2.58. The van der Waals surface area contributed by atoms with Gasteiger partial charge >= 0.3 is 0 Å². The molecule has 0 saturated carbocycles. The van der Waals surface area contributed by atoms with Crippen molar-refractivity contribution in [2.45, 2.75) is 33.6 Å². The minimum absolute atomic E-state index is 1.11. The van der Waals surface area contributed by atoms with E-state index >= 15 is 0 Å². The van der Waals surface area contributed by atoms with E-state index in [1.165, 1.54) is 12.8 Å². The molecular weight excluding hydrogens is 162 g/mol. The quantitative estimate of drug-likeness (QED) is 0.705. The third-order valence-electron chi connectivity index (χ3n) is 1.13. The van der Waals surface area contributed by atoms with Crippen molar-refractivity contribution in [3.8, 4) is 0 Å². The van der Waals surface area contributed by atoms with Crippen molar-refractivity contribution in [2.75, 3.05) is 14.1 Å². The number of aromatic nitrogens is 2. The van der Waals surface area contributed by atoms with Gasteiger partial charge in [-0.25, -0.2) is 4.98 Å². The second-order valence-electron chi connectivity index (χ2n) is 2.73. The molecule has 78 valence electrons. The van der Waals surface area contributed by atoms with Crippen molar-refractivity contribution >= 4 is 0 Å². The number of aryl methyl sites for hydroxylation is 1. The molecule has 3 nitrogen and oxygen atoms in total. The van der Waals surface area contributed by atoms with Crippen LogP contribution in [0.3, 0.4) is 0 Å². The summed E-state index contributed by atoms with van der Waals surface area (Å²) in [5.74, 6) is 0. The lowest BCUT2D eigenvalue weighted by atomic mass is 10.4. The fraction of sp³-hybridized carbons (Fsp3) is 0.700. The molecule has 1 rings (SSSR count). The van der Waals surface area contributed by atoms with Crippen molar-refractivity contribution in [2.24, 2.45) is 0 Å². The molecule has 0 fully saturated rings. The summed E-state index contributed by atoms with van der Waals surface area (Å²) in [5.41, 5.74) is 1.11. The van der Waals surface area contributed by atoms with Crippen molar-refractivity contribution in [1.82, 2.24) is 15.3 Å². The Balaban J connectivity index is 0. The number of aromatic amines is 1. The van der Waals surface area contributed by atoms with Crippen LogP contribution in [0.25, 0.3) is 0 Å². The summed E-state index contributed by atoms with van der Waals surface area (Å²) < 4.78 is 0. The van der Waals surface area contributed by atoms with E-state index in [0.717, 1.165) is 5.69 Å². The van der Waals surface area contributed by atoms with Crippen LogP contribution in [0.15, 0.2) is 12.5 Å². The highest BCUT2D eigenvalue weighted by Crippen LogP contribution is 1.81. The maximum absolute atomic E-state index is 3.77. The summed E-state index contributed by atoms with van der Waals surface area (Å²) >= 11 is 0. The Bertz CT molecular complexity index is 145. The third-order valence-corrected chi connectivity index (χ3v) is 1.13. The van der Waals surface area contributed by atoms with Gasteiger partial charge in [0.05, 0.1) is 6.33 Å². The van der Waals surface area contributed by atoms with Gasteiger partial charge in [0.2, 0.25) is 0 Å². The fourth-order valence-corrected chi connectivity index (χ4v) is 0.325. The lowest BCUT2D eigenvalue weighted by Crippen LogP contribution is -1.89. The zero-order chi connectivity index (χ0) is 10.5. The molecule has 0 unspecified atom stereocenters. The predicted molar refractivity (Wildman–Crippen MR) is 58.9 cm³/mol. The first-order valence-electron chi connectivity index (χ1n) is 4.76. The third kappa shape index (κ3) is 18.3. The smallest absolute Gasteiger partial charge is 0.0921 e. The van der Waals surface area contributed by atoms with Crippen molar-refractivity contribution in [1.29, 1.82) is 0 Å². The Morgan fingerprint density at radius 1 is 1.31 bits per heavy atom. The maximum Gasteiger partial charge on any atom is 0.0921 e. The van der Waals surface area contributed by atoms with Gasteiger partial charge < -0.3 is 10.3 Å². The second kappa shape index (κ2) is 13.7. The van der Waals surface area contributed by atoms with Crippen LogP contribution in [0.2, 0.25) is 0 Å². The molecule has 2 N–H and O–H groups in total. The lowest BCUT2D eigenvalue weighted by Gasteiger charge is -1.68. The zero-order valence-electron chi connectivity index (χ0n) is 9.52. The average molecular weight is 185 g/mol. The number of nitrogens with one attached hydrogen (secondary N) is 2. The van der Waals surface area contributed by atoms with Gasteiger partial charge in [0.1, 0.15) is 0 Å². The van der Waals surface area contributed by atoms with Crippen LogP contribution in [-0.4, -0.2) is 24.1 Å². The van der Waals surface area contributed by atoms with Gasteiger partial charge in [-0.2, -0.15) is 0 Å². The SMILES string of the molecule is CCCC.CNC.Cc1cnc[nH]1. The Hall–Kier alpha value is -0.830. The number of nitrogens with zero attached hydrogens (tertiary/aromatic N) is 1. The van der Waals surface area contributed by atoms with Crippen LogP contribution in [0.4, 0.5) is 0 Å². The van der Waals surface area contributed by atoms with Crippen LogP contribution in [0.5, 0.6) is 0 Å². The van der Waals surface area contributed by atoms with Crippen LogP contribution in [0, 0.1) is 6.92 Å². The first-order valence-corrected chi connectivity index (χ1v) is 4.76. The van der Waals surface area contributed by atoms with Crippen molar-refractivity contribution in [3.63, 3.8) is 0 Å². The summed E-state index contributed by atoms with van der Waals surface area (Å²) in [6.45, 7) is 6.33. The van der Waals surface area contributed by atoms with Gasteiger partial charge in [-0.1, -0.05) is 26.7 Å². The molecular formula is C10H23N3. The molecule has 0 atom stereocenters. The van der Waals surface area contributed by atoms with E-state index in [4.69, 9.17) is 0 Å². The van der Waals surface area contributed by atoms with Gasteiger partial charge in [-0.05, 0) is 21.0 Å². The largest absolute Gasteiger partial charge is 0.349 e. The van der Waals surface area contributed by atoms with Gasteiger partial charge in [0, 0.05) is 11.9 Å². The first kappa shape index (κ1) is 14.7. The summed E-state index contributed by atoms with van der Waals surface area (Å²) in [6, 6.07) is 0. The number of imidazole rings is 1. The Morgan fingerprint density at radius 2 is 1.77 bits per heavy atom. The van der Waals surface area contributed by atoms with E-state index in [1.54, 1.807) is 12.5 Å². The van der Waals surface area contributed by atoms with Crippen LogP contribution in [0.1, 0.15) is 32.4 Å². The Morgan fingerprint density at radius 3 is 1.85 bits per heavy atom. The van der Waals surface area contributed by atoms with Crippen molar-refractivity contribution in [3.05, 3.63) is 18.2 Å². The number of unbranched alkanes of at least 4 members (excludes halogenated alkanes) is 1. The molecule has 3 heteroatoms. The minimum Gasteiger partial charge on any atom is -0.349 e. The zero-order valence-corrected chi connectivity index (χ0v) is 9.52. The van der Waals surface area contributed by atoms with E-state index in [1.807, 2.05) is 21.0 Å². The molecule has 0 aliphatic carbocycles. The van der Waals surface area contributed by atoms with E-state index in [0.29, 0.717) is 0 Å². The predicted octanol–water partition coefficient (Wildman–Crippen LogP) is 2.36. The summed E-state index contributed by atoms with van der Waals surface area (Å²) in [7, 11) is 3.75. The second-order valence-corrected chi connectivity index (χ2v) is 2.73. The summed E-state index contributed by atoms with van der Waals surface area (Å²) in [4.78, 5) is 6.66. The van der Waals surface area contributed by atoms with Crippen LogP contribution < -0.4 is 5.32 Å². The van der Waals surface area contributed by atoms with E-state index in [9.17, 15) is 0 Å². The molecule has 1 heterocycles. The van der Waals surface area contributed by atoms with Gasteiger partial charge in [0.25, 0.3) is 0 Å². The molecule has 0 aliphatic rings. The normalized spacial score (nSPS) is 7.77. The number of rotatable bonds is 1. The van der Waals surface area contributed by atoms with E-state index in [-0.39, 0.29) is 0 Å².